The SMILES string of the molecule is COc1ccc(-c2cccc3cc4ccccc4cc23)c2ccccc12. The molecule has 0 atom stereocenters. The van der Waals surface area contributed by atoms with Crippen molar-refractivity contribution in [3.05, 3.63) is 91.0 Å². The highest BCUT2D eigenvalue weighted by Crippen LogP contribution is 2.38. The molecule has 0 spiro atoms. The summed E-state index contributed by atoms with van der Waals surface area (Å²) in [5.41, 5.74) is 2.49. The zero-order valence-electron chi connectivity index (χ0n) is 14.6. The molecule has 1 heteroatoms. The van der Waals surface area contributed by atoms with E-state index in [1.165, 1.54) is 38.1 Å². The van der Waals surface area contributed by atoms with Gasteiger partial charge in [-0.2, -0.15) is 0 Å². The lowest BCUT2D eigenvalue weighted by atomic mass is 9.92. The monoisotopic (exact) mass is 334 g/mol. The molecule has 0 saturated heterocycles. The van der Waals surface area contributed by atoms with Gasteiger partial charge in [0.2, 0.25) is 0 Å². The molecule has 0 N–H and O–H groups in total. The van der Waals surface area contributed by atoms with E-state index in [1.807, 2.05) is 0 Å². The summed E-state index contributed by atoms with van der Waals surface area (Å²) < 4.78 is 5.56. The van der Waals surface area contributed by atoms with E-state index < -0.39 is 0 Å². The Morgan fingerprint density at radius 2 is 1.15 bits per heavy atom. The topological polar surface area (TPSA) is 9.23 Å². The summed E-state index contributed by atoms with van der Waals surface area (Å²) in [4.78, 5) is 0. The quantitative estimate of drug-likeness (QED) is 0.322. The number of hydrogen-bond acceptors (Lipinski definition) is 1. The minimum absolute atomic E-state index is 0.912. The van der Waals surface area contributed by atoms with Crippen LogP contribution in [-0.2, 0) is 0 Å². The fourth-order valence-electron chi connectivity index (χ4n) is 3.89. The van der Waals surface area contributed by atoms with Crippen LogP contribution in [0.2, 0.25) is 0 Å². The van der Waals surface area contributed by atoms with Crippen LogP contribution in [0.1, 0.15) is 0 Å². The van der Waals surface area contributed by atoms with E-state index in [2.05, 4.69) is 91.0 Å². The molecule has 0 bridgehead atoms. The van der Waals surface area contributed by atoms with Gasteiger partial charge < -0.3 is 4.74 Å². The van der Waals surface area contributed by atoms with Gasteiger partial charge in [0, 0.05) is 5.39 Å². The van der Waals surface area contributed by atoms with Crippen molar-refractivity contribution in [2.45, 2.75) is 0 Å². The van der Waals surface area contributed by atoms with Crippen LogP contribution in [0.25, 0.3) is 43.4 Å². The zero-order valence-corrected chi connectivity index (χ0v) is 14.6. The van der Waals surface area contributed by atoms with Crippen molar-refractivity contribution < 1.29 is 4.74 Å². The van der Waals surface area contributed by atoms with Crippen LogP contribution in [0, 0.1) is 0 Å². The molecular weight excluding hydrogens is 316 g/mol. The second-order valence-corrected chi connectivity index (χ2v) is 6.59. The van der Waals surface area contributed by atoms with E-state index in [-0.39, 0.29) is 0 Å². The van der Waals surface area contributed by atoms with Crippen molar-refractivity contribution >= 4 is 32.3 Å². The van der Waals surface area contributed by atoms with Crippen LogP contribution in [-0.4, -0.2) is 7.11 Å². The third kappa shape index (κ3) is 2.25. The summed E-state index contributed by atoms with van der Waals surface area (Å²) >= 11 is 0. The highest BCUT2D eigenvalue weighted by molar-refractivity contribution is 6.10. The minimum Gasteiger partial charge on any atom is -0.496 e. The molecule has 0 aliphatic heterocycles. The zero-order chi connectivity index (χ0) is 17.5. The first kappa shape index (κ1) is 15.0. The van der Waals surface area contributed by atoms with Crippen LogP contribution in [0.15, 0.2) is 91.0 Å². The molecule has 0 unspecified atom stereocenters. The van der Waals surface area contributed by atoms with Crippen LogP contribution in [0.5, 0.6) is 5.75 Å². The smallest absolute Gasteiger partial charge is 0.126 e. The van der Waals surface area contributed by atoms with Gasteiger partial charge in [0.05, 0.1) is 7.11 Å². The molecule has 5 aromatic carbocycles. The number of rotatable bonds is 2. The van der Waals surface area contributed by atoms with E-state index in [0.29, 0.717) is 0 Å². The predicted octanol–water partition coefficient (Wildman–Crippen LogP) is 6.82. The van der Waals surface area contributed by atoms with E-state index in [9.17, 15) is 0 Å². The second kappa shape index (κ2) is 5.89. The first-order chi connectivity index (χ1) is 12.8. The average molecular weight is 334 g/mol. The standard InChI is InChI=1S/C25H18O/c1-26-25-14-13-22(20-10-4-5-11-23(20)25)21-12-6-9-19-15-17-7-2-3-8-18(17)16-24(19)21/h2-16H,1H3. The molecule has 0 aromatic heterocycles. The van der Waals surface area contributed by atoms with Gasteiger partial charge in [0.15, 0.2) is 0 Å². The van der Waals surface area contributed by atoms with Gasteiger partial charge in [0.25, 0.3) is 0 Å². The molecule has 0 aliphatic rings. The van der Waals surface area contributed by atoms with E-state index in [0.717, 1.165) is 11.1 Å². The lowest BCUT2D eigenvalue weighted by molar-refractivity contribution is 0.420. The van der Waals surface area contributed by atoms with E-state index in [1.54, 1.807) is 7.11 Å². The van der Waals surface area contributed by atoms with Crippen LogP contribution in [0.4, 0.5) is 0 Å². The molecular formula is C25H18O. The van der Waals surface area contributed by atoms with Crippen molar-refractivity contribution in [1.29, 1.82) is 0 Å². The molecule has 0 amide bonds. The predicted molar refractivity (Wildman–Crippen MR) is 111 cm³/mol. The molecule has 0 heterocycles. The maximum atomic E-state index is 5.56. The molecule has 26 heavy (non-hydrogen) atoms. The molecule has 0 fully saturated rings. The van der Waals surface area contributed by atoms with Gasteiger partial charge in [0.1, 0.15) is 5.75 Å². The maximum absolute atomic E-state index is 5.56. The van der Waals surface area contributed by atoms with Gasteiger partial charge in [-0.25, -0.2) is 0 Å². The summed E-state index contributed by atoms with van der Waals surface area (Å²) in [5.74, 6) is 0.912. The molecule has 5 aromatic rings. The molecule has 124 valence electrons. The Kier molecular flexibility index (Phi) is 3.39. The molecule has 0 aliphatic carbocycles. The largest absolute Gasteiger partial charge is 0.496 e. The van der Waals surface area contributed by atoms with Crippen molar-refractivity contribution in [2.75, 3.05) is 7.11 Å². The summed E-state index contributed by atoms with van der Waals surface area (Å²) in [6, 6.07) is 32.4. The third-order valence-electron chi connectivity index (χ3n) is 5.14. The highest BCUT2D eigenvalue weighted by atomic mass is 16.5. The molecule has 0 radical (unpaired) electrons. The average Bonchev–Trinajstić information content (AvgIpc) is 2.71. The van der Waals surface area contributed by atoms with Crippen molar-refractivity contribution in [2.24, 2.45) is 0 Å². The van der Waals surface area contributed by atoms with E-state index >= 15 is 0 Å². The minimum atomic E-state index is 0.912. The summed E-state index contributed by atoms with van der Waals surface area (Å²) in [6.45, 7) is 0. The number of benzene rings is 5. The number of ether oxygens (including phenoxy) is 1. The fraction of sp³-hybridized carbons (Fsp3) is 0.0400. The Labute approximate surface area is 152 Å². The van der Waals surface area contributed by atoms with Crippen molar-refractivity contribution in [3.63, 3.8) is 0 Å². The first-order valence-corrected chi connectivity index (χ1v) is 8.83. The summed E-state index contributed by atoms with van der Waals surface area (Å²) in [6.07, 6.45) is 0. The first-order valence-electron chi connectivity index (χ1n) is 8.83. The number of fused-ring (bicyclic) bond motifs is 3. The summed E-state index contributed by atoms with van der Waals surface area (Å²) in [5, 5.41) is 7.45. The van der Waals surface area contributed by atoms with E-state index in [4.69, 9.17) is 4.74 Å². The second-order valence-electron chi connectivity index (χ2n) is 6.59. The Bertz CT molecular complexity index is 1270. The van der Waals surface area contributed by atoms with Crippen LogP contribution >= 0.6 is 0 Å². The molecule has 1 nitrogen and oxygen atoms in total. The van der Waals surface area contributed by atoms with Gasteiger partial charge in [-0.05, 0) is 56.3 Å². The van der Waals surface area contributed by atoms with Gasteiger partial charge >= 0.3 is 0 Å². The molecule has 0 saturated carbocycles. The van der Waals surface area contributed by atoms with Crippen LogP contribution < -0.4 is 4.74 Å². The summed E-state index contributed by atoms with van der Waals surface area (Å²) in [7, 11) is 1.73. The Hall–Kier alpha value is -3.32. The third-order valence-corrected chi connectivity index (χ3v) is 5.14. The number of hydrogen-bond donors (Lipinski definition) is 0. The van der Waals surface area contributed by atoms with Gasteiger partial charge in [-0.3, -0.25) is 0 Å². The maximum Gasteiger partial charge on any atom is 0.126 e. The fourth-order valence-corrected chi connectivity index (χ4v) is 3.89. The van der Waals surface area contributed by atoms with Crippen LogP contribution in [0.3, 0.4) is 0 Å². The Morgan fingerprint density at radius 3 is 1.96 bits per heavy atom. The van der Waals surface area contributed by atoms with Gasteiger partial charge in [-0.15, -0.1) is 0 Å². The number of methoxy groups -OCH3 is 1. The highest BCUT2D eigenvalue weighted by Gasteiger charge is 2.11. The lowest BCUT2D eigenvalue weighted by Crippen LogP contribution is -1.88. The van der Waals surface area contributed by atoms with Gasteiger partial charge in [-0.1, -0.05) is 72.8 Å². The van der Waals surface area contributed by atoms with Crippen molar-refractivity contribution in [3.8, 4) is 16.9 Å². The Balaban J connectivity index is 1.88. The van der Waals surface area contributed by atoms with Crippen molar-refractivity contribution in [1.82, 2.24) is 0 Å². The Morgan fingerprint density at radius 1 is 0.500 bits per heavy atom. The molecule has 5 rings (SSSR count). The lowest BCUT2D eigenvalue weighted by Gasteiger charge is -2.13. The normalized spacial score (nSPS) is 11.3.